The van der Waals surface area contributed by atoms with E-state index in [0.717, 1.165) is 23.9 Å². The minimum Gasteiger partial charge on any atom is -0.510 e. The zero-order valence-electron chi connectivity index (χ0n) is 73.6. The van der Waals surface area contributed by atoms with Gasteiger partial charge in [-0.1, -0.05) is 219 Å². The Hall–Kier alpha value is -9.67. The Labute approximate surface area is 546 Å². The van der Waals surface area contributed by atoms with E-state index in [-0.39, 0.29) is 77.2 Å². The monoisotopic (exact) mass is 1290 g/mol. The number of hydrogen-bond donors (Lipinski definition) is 0. The van der Waals surface area contributed by atoms with Gasteiger partial charge in [0.25, 0.3) is 6.33 Å². The van der Waals surface area contributed by atoms with Crippen LogP contribution in [-0.2, 0) is 26.5 Å². The van der Waals surface area contributed by atoms with Gasteiger partial charge in [-0.2, -0.15) is 18.2 Å². The van der Waals surface area contributed by atoms with Crippen LogP contribution in [0.4, 0.5) is 0 Å². The van der Waals surface area contributed by atoms with Gasteiger partial charge in [0.2, 0.25) is 0 Å². The van der Waals surface area contributed by atoms with Crippen molar-refractivity contribution in [3.63, 3.8) is 0 Å². The van der Waals surface area contributed by atoms with Crippen LogP contribution in [0.3, 0.4) is 0 Å². The Bertz CT molecular complexity index is 6210. The van der Waals surface area contributed by atoms with Crippen LogP contribution in [0.2, 0.25) is 0 Å². The topological polar surface area (TPSA) is 35.9 Å². The maximum Gasteiger partial charge on any atom is 0.268 e. The van der Waals surface area contributed by atoms with Gasteiger partial charge in [0.05, 0.1) is 48.2 Å². The van der Waals surface area contributed by atoms with Crippen molar-refractivity contribution in [3.8, 4) is 95.5 Å². The SMILES string of the molecule is [2H]c1c([2H])c([2H])c(-c2cnc(-n3c4[c-]c(Oc5[c-]c(-n6[c-][n+](-c7c(-c8c([2H])c([2H])c([2H])c([2H])c8[2H])cc(C([2H])([2H])[2H])cc7-c7c([2H])c(-c8c([2H])c([2H])c([2H])c([2H])c8[2H])c([2H])c(-c8c([2H])c([2H])c([2H])c([2H])c8[2H])c7[2H])c7ccc(-c8ccc(C(C)(C)C)cc8)cc76)ccc5)ccc4c4ccccc43)cc2C([2H])([2H])[2H])c([2H])c1[2H].[Pt]. The first kappa shape index (κ1) is 30.0. The smallest absolute Gasteiger partial charge is 0.268 e. The first-order valence-electron chi connectivity index (χ1n) is 40.5. The molecule has 0 saturated carbocycles. The minimum absolute atomic E-state index is 0. The summed E-state index contributed by atoms with van der Waals surface area (Å²) in [7, 11) is 0. The van der Waals surface area contributed by atoms with Crippen LogP contribution < -0.4 is 9.30 Å². The maximum absolute atomic E-state index is 10.4. The molecular weight excluding hydrogens is 1200 g/mol. The molecule has 6 heteroatoms. The number of rotatable bonds is 11. The molecule has 14 aromatic rings. The molecule has 0 aliphatic carbocycles. The number of hydrogen-bond acceptors (Lipinski definition) is 2. The van der Waals surface area contributed by atoms with Crippen molar-refractivity contribution in [1.82, 2.24) is 14.1 Å². The second-order valence-corrected chi connectivity index (χ2v) is 20.2. The van der Waals surface area contributed by atoms with Gasteiger partial charge >= 0.3 is 0 Å². The number of pyridine rings is 1. The molecule has 0 aliphatic heterocycles. The average Bonchev–Trinajstić information content (AvgIpc) is 1.71. The van der Waals surface area contributed by atoms with Crippen LogP contribution in [-0.4, -0.2) is 14.1 Å². The number of nitrogens with zero attached hydrogens (tertiary/aromatic N) is 4. The van der Waals surface area contributed by atoms with E-state index < -0.39 is 208 Å². The molecule has 0 atom stereocenters. The summed E-state index contributed by atoms with van der Waals surface area (Å²) in [4.78, 5) is 4.68. The molecule has 0 bridgehead atoms. The zero-order chi connectivity index (χ0) is 81.2. The van der Waals surface area contributed by atoms with Gasteiger partial charge in [0.15, 0.2) is 0 Å². The molecule has 0 fully saturated rings. The summed E-state index contributed by atoms with van der Waals surface area (Å²) in [5, 5.41) is 1.28. The molecule has 0 amide bonds. The van der Waals surface area contributed by atoms with Crippen molar-refractivity contribution < 1.29 is 70.1 Å². The molecule has 0 N–H and O–H groups in total. The molecule has 11 aromatic carbocycles. The van der Waals surface area contributed by atoms with Gasteiger partial charge < -0.3 is 13.9 Å². The van der Waals surface area contributed by atoms with Crippen LogP contribution in [0.1, 0.15) is 77.2 Å². The summed E-state index contributed by atoms with van der Waals surface area (Å²) in [6.45, 7) is -0.00393. The van der Waals surface area contributed by atoms with E-state index in [2.05, 4.69) is 44.2 Å². The van der Waals surface area contributed by atoms with Gasteiger partial charge in [0, 0.05) is 58.1 Å². The van der Waals surface area contributed by atoms with E-state index in [0.29, 0.717) is 32.9 Å². The summed E-state index contributed by atoms with van der Waals surface area (Å²) < 4.78 is 273. The minimum atomic E-state index is -3.24. The molecule has 14 rings (SSSR count). The molecule has 0 spiro atoms. The maximum atomic E-state index is 10.4. The Morgan fingerprint density at radius 3 is 1.77 bits per heavy atom. The van der Waals surface area contributed by atoms with Crippen molar-refractivity contribution in [3.05, 3.63) is 296 Å². The summed E-state index contributed by atoms with van der Waals surface area (Å²) in [5.74, 6) is 0.135. The number of imidazole rings is 1. The summed E-state index contributed by atoms with van der Waals surface area (Å²) in [6.07, 6.45) is 4.48. The first-order chi connectivity index (χ1) is 52.6. The Balaban J connectivity index is 0.0000112. The second-order valence-electron chi connectivity index (χ2n) is 20.2. The molecule has 5 nitrogen and oxygen atoms in total. The van der Waals surface area contributed by atoms with Crippen LogP contribution in [0.25, 0.3) is 117 Å². The zero-order valence-corrected chi connectivity index (χ0v) is 46.8. The average molecular weight is 1290 g/mol. The number of aromatic nitrogens is 4. The Kier molecular flexibility index (Phi) is 7.96. The van der Waals surface area contributed by atoms with Gasteiger partial charge in [0.1, 0.15) is 5.82 Å². The van der Waals surface area contributed by atoms with Crippen molar-refractivity contribution in [2.75, 3.05) is 0 Å². The van der Waals surface area contributed by atoms with E-state index >= 15 is 0 Å². The molecule has 0 saturated heterocycles. The molecule has 84 heavy (non-hydrogen) atoms. The third-order valence-electron chi connectivity index (χ3n) is 14.0. The first-order valence-corrected chi connectivity index (χ1v) is 26.0. The second kappa shape index (κ2) is 22.2. The van der Waals surface area contributed by atoms with E-state index in [1.807, 2.05) is 30.3 Å². The molecule has 0 unspecified atom stereocenters. The number of fused-ring (bicyclic) bond motifs is 4. The van der Waals surface area contributed by atoms with Crippen molar-refractivity contribution in [1.29, 1.82) is 0 Å². The molecule has 0 aliphatic rings. The molecule has 0 radical (unpaired) electrons. The molecule has 3 aromatic heterocycles. The van der Waals surface area contributed by atoms with E-state index in [9.17, 15) is 12.3 Å². The predicted octanol–water partition coefficient (Wildman–Crippen LogP) is 19.5. The largest absolute Gasteiger partial charge is 0.510 e. The van der Waals surface area contributed by atoms with Gasteiger partial charge in [-0.25, -0.2) is 4.98 Å². The van der Waals surface area contributed by atoms with E-state index in [1.54, 1.807) is 71.3 Å². The van der Waals surface area contributed by atoms with Crippen molar-refractivity contribution >= 4 is 32.8 Å². The summed E-state index contributed by atoms with van der Waals surface area (Å²) >= 11 is 0. The van der Waals surface area contributed by atoms with Gasteiger partial charge in [-0.3, -0.25) is 4.57 Å². The predicted molar refractivity (Wildman–Crippen MR) is 341 cm³/mol. The van der Waals surface area contributed by atoms with E-state index in [1.165, 1.54) is 15.2 Å². The van der Waals surface area contributed by atoms with Gasteiger partial charge in [-0.15, -0.1) is 29.7 Å². The van der Waals surface area contributed by atoms with Crippen LogP contribution in [0.5, 0.6) is 11.5 Å². The quantitative estimate of drug-likeness (QED) is 0.0956. The summed E-state index contributed by atoms with van der Waals surface area (Å²) in [6, 6.07) is 17.8. The fourth-order valence-electron chi connectivity index (χ4n) is 10.1. The van der Waals surface area contributed by atoms with Crippen molar-refractivity contribution in [2.24, 2.45) is 0 Å². The molecular formula is C78H58N4OPt-2. The van der Waals surface area contributed by atoms with Crippen LogP contribution >= 0.6 is 0 Å². The fourth-order valence-corrected chi connectivity index (χ4v) is 10.1. The van der Waals surface area contributed by atoms with Crippen molar-refractivity contribution in [2.45, 2.75) is 39.9 Å². The van der Waals surface area contributed by atoms with Crippen LogP contribution in [0, 0.1) is 32.2 Å². The molecule has 3 heterocycles. The number of benzene rings is 11. The normalized spacial score (nSPS) is 16.7. The van der Waals surface area contributed by atoms with Crippen LogP contribution in [0.15, 0.2) is 260 Å². The third-order valence-corrected chi connectivity index (χ3v) is 14.0. The third kappa shape index (κ3) is 10.2. The summed E-state index contributed by atoms with van der Waals surface area (Å²) in [5.41, 5.74) is -4.47. The number of ether oxygens (including phenoxy) is 1. The Morgan fingerprint density at radius 1 is 0.512 bits per heavy atom. The van der Waals surface area contributed by atoms with Gasteiger partial charge in [-0.05, 0) is 139 Å². The number of aryl methyl sites for hydroxylation is 2. The standard InChI is InChI=1S/C78H58N4O.Pt/c1-52-41-69(57-25-14-8-15-26-57)77(70(42-52)62-45-60(54-21-10-6-11-22-54)44-61(46-62)55-23-12-7-13-24-55)81-51-80(75-47-59(35-40-73(75)81)56-33-36-63(37-34-56)78(3,4)5)64-29-20-30-65(48-64)83-66-38-39-68-67-31-18-19-32-72(67)82(74(68)49-66)76-43-53(2)71(50-79-76)58-27-16-9-17-28-58;/h6-47,50H,1-5H3;/q-2;/i1D3,2D3,6D,7D,8D,9D,10D,11D,12D,13D,14D,15D,16D,17D,21D,22D,23D,24D,25D,26D,27D,28D,44D,45D,46D;. The Morgan fingerprint density at radius 2 is 1.12 bits per heavy atom. The number of para-hydroxylation sites is 1. The fraction of sp³-hybridized carbons (Fsp3) is 0.0769. The molecule has 408 valence electrons. The van der Waals surface area contributed by atoms with E-state index in [4.69, 9.17) is 32.2 Å².